The van der Waals surface area contributed by atoms with E-state index in [1.165, 1.54) is 12.1 Å². The lowest BCUT2D eigenvalue weighted by atomic mass is 10.1. The molecule has 2 amide bonds. The second kappa shape index (κ2) is 8.53. The van der Waals surface area contributed by atoms with Crippen molar-refractivity contribution in [1.29, 1.82) is 0 Å². The molecule has 2 aromatic carbocycles. The lowest BCUT2D eigenvalue weighted by Crippen LogP contribution is -2.27. The number of carbonyl (C=O) groups is 2. The fourth-order valence-electron chi connectivity index (χ4n) is 2.49. The van der Waals surface area contributed by atoms with E-state index in [9.17, 15) is 14.0 Å². The minimum absolute atomic E-state index is 0.142. The number of aromatic nitrogens is 2. The van der Waals surface area contributed by atoms with E-state index < -0.39 is 11.8 Å². The first-order valence-corrected chi connectivity index (χ1v) is 9.40. The maximum absolute atomic E-state index is 13.0. The van der Waals surface area contributed by atoms with Crippen LogP contribution >= 0.6 is 27.5 Å². The second-order valence-corrected chi connectivity index (χ2v) is 7.14. The van der Waals surface area contributed by atoms with E-state index in [4.69, 9.17) is 11.6 Å². The van der Waals surface area contributed by atoms with Gasteiger partial charge in [-0.05, 0) is 52.7 Å². The summed E-state index contributed by atoms with van der Waals surface area (Å²) >= 11 is 9.29. The maximum Gasteiger partial charge on any atom is 0.271 e. The van der Waals surface area contributed by atoms with Crippen LogP contribution in [-0.2, 0) is 0 Å². The summed E-state index contributed by atoms with van der Waals surface area (Å²) in [5.41, 5.74) is 1.18. The minimum Gasteiger partial charge on any atom is -0.344 e. The smallest absolute Gasteiger partial charge is 0.271 e. The molecule has 0 aliphatic rings. The molecule has 0 radical (unpaired) electrons. The number of nitrogens with one attached hydrogen (secondary N) is 3. The third-order valence-electron chi connectivity index (χ3n) is 4.00. The normalized spacial score (nSPS) is 11.7. The SMILES string of the molecule is C[C@@H](NC(=O)c1[nH]nc(NC(=O)c2ccccc2Cl)c1Br)c1ccc(F)cc1. The van der Waals surface area contributed by atoms with Crippen molar-refractivity contribution in [3.63, 3.8) is 0 Å². The van der Waals surface area contributed by atoms with E-state index in [0.29, 0.717) is 9.50 Å². The van der Waals surface area contributed by atoms with Crippen molar-refractivity contribution in [3.8, 4) is 0 Å². The molecule has 0 aliphatic carbocycles. The van der Waals surface area contributed by atoms with E-state index in [1.54, 1.807) is 43.3 Å². The Morgan fingerprint density at radius 2 is 1.82 bits per heavy atom. The van der Waals surface area contributed by atoms with Gasteiger partial charge in [0, 0.05) is 0 Å². The molecular weight excluding hydrogens is 451 g/mol. The monoisotopic (exact) mass is 464 g/mol. The zero-order valence-corrected chi connectivity index (χ0v) is 16.9. The van der Waals surface area contributed by atoms with Crippen LogP contribution in [0.1, 0.15) is 39.4 Å². The predicted octanol–water partition coefficient (Wildman–Crippen LogP) is 4.71. The summed E-state index contributed by atoms with van der Waals surface area (Å²) in [5, 5.41) is 12.2. The van der Waals surface area contributed by atoms with E-state index >= 15 is 0 Å². The maximum atomic E-state index is 13.0. The molecule has 0 saturated carbocycles. The summed E-state index contributed by atoms with van der Waals surface area (Å²) in [5.74, 6) is -1.08. The lowest BCUT2D eigenvalue weighted by Gasteiger charge is -2.13. The quantitative estimate of drug-likeness (QED) is 0.510. The summed E-state index contributed by atoms with van der Waals surface area (Å²) in [4.78, 5) is 24.9. The van der Waals surface area contributed by atoms with Gasteiger partial charge in [-0.3, -0.25) is 14.7 Å². The van der Waals surface area contributed by atoms with Gasteiger partial charge in [-0.1, -0.05) is 35.9 Å². The molecule has 28 heavy (non-hydrogen) atoms. The van der Waals surface area contributed by atoms with Gasteiger partial charge in [0.25, 0.3) is 11.8 Å². The average Bonchev–Trinajstić information content (AvgIpc) is 3.03. The molecule has 3 rings (SSSR count). The fourth-order valence-corrected chi connectivity index (χ4v) is 3.16. The summed E-state index contributed by atoms with van der Waals surface area (Å²) in [7, 11) is 0. The Morgan fingerprint density at radius 3 is 2.50 bits per heavy atom. The zero-order chi connectivity index (χ0) is 20.3. The third kappa shape index (κ3) is 4.40. The molecule has 1 atom stereocenters. The Balaban J connectivity index is 1.71. The Kier molecular flexibility index (Phi) is 6.11. The standard InChI is InChI=1S/C19H15BrClFN4O2/c1-10(11-6-8-12(22)9-7-11)23-19(28)16-15(20)17(26-25-16)24-18(27)13-4-2-3-5-14(13)21/h2-10H,1H3,(H,23,28)(H2,24,25,26,27)/t10-/m1/s1. The van der Waals surface area contributed by atoms with E-state index in [0.717, 1.165) is 5.56 Å². The van der Waals surface area contributed by atoms with Crippen LogP contribution in [-0.4, -0.2) is 22.0 Å². The van der Waals surface area contributed by atoms with Gasteiger partial charge in [0.1, 0.15) is 11.5 Å². The van der Waals surface area contributed by atoms with E-state index in [1.807, 2.05) is 0 Å². The Labute approximate surface area is 173 Å². The molecule has 144 valence electrons. The van der Waals surface area contributed by atoms with Crippen molar-refractivity contribution < 1.29 is 14.0 Å². The highest BCUT2D eigenvalue weighted by atomic mass is 79.9. The van der Waals surface area contributed by atoms with Crippen LogP contribution in [0, 0.1) is 5.82 Å². The minimum atomic E-state index is -0.454. The molecule has 1 heterocycles. The number of H-pyrrole nitrogens is 1. The van der Waals surface area contributed by atoms with Crippen molar-refractivity contribution in [2.75, 3.05) is 5.32 Å². The molecule has 6 nitrogen and oxygen atoms in total. The first-order chi connectivity index (χ1) is 13.4. The van der Waals surface area contributed by atoms with Gasteiger partial charge in [-0.2, -0.15) is 5.10 Å². The number of hydrogen-bond donors (Lipinski definition) is 3. The molecule has 3 N–H and O–H groups in total. The number of aromatic amines is 1. The predicted molar refractivity (Wildman–Crippen MR) is 108 cm³/mol. The molecule has 0 fully saturated rings. The average molecular weight is 466 g/mol. The molecular formula is C19H15BrClFN4O2. The highest BCUT2D eigenvalue weighted by Crippen LogP contribution is 2.26. The first kappa shape index (κ1) is 20.0. The molecule has 9 heteroatoms. The van der Waals surface area contributed by atoms with Gasteiger partial charge >= 0.3 is 0 Å². The number of rotatable bonds is 5. The van der Waals surface area contributed by atoms with Gasteiger partial charge in [-0.15, -0.1) is 0 Å². The highest BCUT2D eigenvalue weighted by Gasteiger charge is 2.21. The van der Waals surface area contributed by atoms with Gasteiger partial charge in [0.2, 0.25) is 0 Å². The number of hydrogen-bond acceptors (Lipinski definition) is 3. The number of anilines is 1. The summed E-state index contributed by atoms with van der Waals surface area (Å²) in [6, 6.07) is 12.1. The molecule has 0 bridgehead atoms. The molecule has 0 unspecified atom stereocenters. The number of halogens is 3. The number of amides is 2. The molecule has 0 saturated heterocycles. The molecule has 0 aliphatic heterocycles. The Hall–Kier alpha value is -2.71. The number of benzene rings is 2. The van der Waals surface area contributed by atoms with Gasteiger partial charge in [-0.25, -0.2) is 4.39 Å². The van der Waals surface area contributed by atoms with Crippen LogP contribution in [0.15, 0.2) is 53.0 Å². The Bertz CT molecular complexity index is 1020. The van der Waals surface area contributed by atoms with Crippen LogP contribution in [0.4, 0.5) is 10.2 Å². The molecule has 3 aromatic rings. The third-order valence-corrected chi connectivity index (χ3v) is 5.10. The zero-order valence-electron chi connectivity index (χ0n) is 14.6. The molecule has 1 aromatic heterocycles. The van der Waals surface area contributed by atoms with Gasteiger partial charge in [0.15, 0.2) is 5.82 Å². The number of nitrogens with zero attached hydrogens (tertiary/aromatic N) is 1. The summed E-state index contributed by atoms with van der Waals surface area (Å²) in [6.07, 6.45) is 0. The fraction of sp³-hybridized carbons (Fsp3) is 0.105. The first-order valence-electron chi connectivity index (χ1n) is 8.23. The summed E-state index contributed by atoms with van der Waals surface area (Å²) < 4.78 is 13.3. The van der Waals surface area contributed by atoms with Crippen LogP contribution in [0.5, 0.6) is 0 Å². The van der Waals surface area contributed by atoms with Crippen LogP contribution in [0.2, 0.25) is 5.02 Å². The summed E-state index contributed by atoms with van der Waals surface area (Å²) in [6.45, 7) is 1.77. The highest BCUT2D eigenvalue weighted by molar-refractivity contribution is 9.10. The van der Waals surface area contributed by atoms with E-state index in [-0.39, 0.29) is 28.9 Å². The largest absolute Gasteiger partial charge is 0.344 e. The van der Waals surface area contributed by atoms with Crippen molar-refractivity contribution >= 4 is 45.2 Å². The van der Waals surface area contributed by atoms with Crippen LogP contribution in [0.25, 0.3) is 0 Å². The lowest BCUT2D eigenvalue weighted by molar-refractivity contribution is 0.0933. The van der Waals surface area contributed by atoms with Gasteiger partial charge < -0.3 is 10.6 Å². The molecule has 0 spiro atoms. The number of carbonyl (C=O) groups excluding carboxylic acids is 2. The van der Waals surface area contributed by atoms with E-state index in [2.05, 4.69) is 36.8 Å². The van der Waals surface area contributed by atoms with Crippen LogP contribution in [0.3, 0.4) is 0 Å². The van der Waals surface area contributed by atoms with Crippen molar-refractivity contribution in [3.05, 3.63) is 80.7 Å². The Morgan fingerprint density at radius 1 is 1.14 bits per heavy atom. The van der Waals surface area contributed by atoms with Crippen molar-refractivity contribution in [1.82, 2.24) is 15.5 Å². The topological polar surface area (TPSA) is 86.9 Å². The van der Waals surface area contributed by atoms with Gasteiger partial charge in [0.05, 0.1) is 21.1 Å². The van der Waals surface area contributed by atoms with Crippen molar-refractivity contribution in [2.45, 2.75) is 13.0 Å². The van der Waals surface area contributed by atoms with Crippen LogP contribution < -0.4 is 10.6 Å². The van der Waals surface area contributed by atoms with Crippen molar-refractivity contribution in [2.24, 2.45) is 0 Å². The second-order valence-electron chi connectivity index (χ2n) is 5.94.